The number of hydrogen-bond acceptors (Lipinski definition) is 5. The van der Waals surface area contributed by atoms with Gasteiger partial charge in [0.2, 0.25) is 5.91 Å². The molecule has 0 aliphatic rings. The summed E-state index contributed by atoms with van der Waals surface area (Å²) in [6, 6.07) is 17.5. The van der Waals surface area contributed by atoms with Gasteiger partial charge in [-0.25, -0.2) is 4.98 Å². The Kier molecular flexibility index (Phi) is 7.14. The maximum Gasteiger partial charge on any atom is 0.306 e. The van der Waals surface area contributed by atoms with Crippen molar-refractivity contribution in [2.75, 3.05) is 5.32 Å². The van der Waals surface area contributed by atoms with Crippen molar-refractivity contribution in [1.29, 1.82) is 0 Å². The lowest BCUT2D eigenvalue weighted by atomic mass is 9.98. The topological polar surface area (TPSA) is 68.3 Å². The van der Waals surface area contributed by atoms with Crippen LogP contribution in [0.15, 0.2) is 60.0 Å². The monoisotopic (exact) mass is 408 g/mol. The number of rotatable bonds is 8. The first kappa shape index (κ1) is 20.7. The number of anilines is 1. The average Bonchev–Trinajstić information content (AvgIpc) is 3.16. The van der Waals surface area contributed by atoms with Gasteiger partial charge in [0.1, 0.15) is 11.6 Å². The lowest BCUT2D eigenvalue weighted by Crippen LogP contribution is -2.14. The zero-order valence-corrected chi connectivity index (χ0v) is 17.4. The Labute approximate surface area is 174 Å². The van der Waals surface area contributed by atoms with Gasteiger partial charge >= 0.3 is 5.97 Å². The first-order chi connectivity index (χ1) is 14.0. The number of esters is 1. The number of aryl methyl sites for hydroxylation is 1. The van der Waals surface area contributed by atoms with Gasteiger partial charge in [-0.15, -0.1) is 11.3 Å². The van der Waals surface area contributed by atoms with E-state index in [4.69, 9.17) is 4.74 Å². The maximum absolute atomic E-state index is 12.2. The van der Waals surface area contributed by atoms with Crippen molar-refractivity contribution in [1.82, 2.24) is 4.98 Å². The Morgan fingerprint density at radius 3 is 2.55 bits per heavy atom. The van der Waals surface area contributed by atoms with E-state index in [0.29, 0.717) is 17.1 Å². The third-order valence-corrected chi connectivity index (χ3v) is 5.37. The van der Waals surface area contributed by atoms with Crippen molar-refractivity contribution in [2.45, 2.75) is 39.2 Å². The van der Waals surface area contributed by atoms with Crippen LogP contribution in [-0.4, -0.2) is 16.9 Å². The van der Waals surface area contributed by atoms with E-state index in [1.807, 2.05) is 73.8 Å². The van der Waals surface area contributed by atoms with Crippen LogP contribution in [0.3, 0.4) is 0 Å². The number of benzene rings is 2. The van der Waals surface area contributed by atoms with Crippen molar-refractivity contribution < 1.29 is 14.3 Å². The van der Waals surface area contributed by atoms with Crippen molar-refractivity contribution in [3.8, 4) is 0 Å². The molecule has 1 heterocycles. The predicted octanol–water partition coefficient (Wildman–Crippen LogP) is 4.87. The van der Waals surface area contributed by atoms with Crippen LogP contribution in [0.5, 0.6) is 0 Å². The van der Waals surface area contributed by atoms with E-state index in [0.717, 1.165) is 16.8 Å². The number of thiazole rings is 1. The summed E-state index contributed by atoms with van der Waals surface area (Å²) in [5.41, 5.74) is 3.67. The molecule has 0 saturated heterocycles. The Morgan fingerprint density at radius 1 is 1.10 bits per heavy atom. The lowest BCUT2D eigenvalue weighted by Gasteiger charge is -2.10. The minimum atomic E-state index is -0.256. The number of amides is 1. The highest BCUT2D eigenvalue weighted by atomic mass is 32.1. The SMILES string of the molecule is Cc1ccc(NC(=O)Cc2nc(COC(=O)C[C@@H](C)c3ccccc3)cs2)cc1. The molecule has 1 amide bonds. The van der Waals surface area contributed by atoms with Gasteiger partial charge in [0.15, 0.2) is 0 Å². The largest absolute Gasteiger partial charge is 0.459 e. The molecule has 0 spiro atoms. The summed E-state index contributed by atoms with van der Waals surface area (Å²) in [5, 5.41) is 5.37. The molecule has 0 saturated carbocycles. The number of nitrogens with zero attached hydrogens (tertiary/aromatic N) is 1. The summed E-state index contributed by atoms with van der Waals surface area (Å²) in [5.74, 6) is -0.281. The Bertz CT molecular complexity index is 952. The minimum absolute atomic E-state index is 0.0974. The van der Waals surface area contributed by atoms with Crippen LogP contribution in [0.4, 0.5) is 5.69 Å². The summed E-state index contributed by atoms with van der Waals surface area (Å²) >= 11 is 1.39. The molecule has 6 heteroatoms. The van der Waals surface area contributed by atoms with E-state index in [2.05, 4.69) is 10.3 Å². The van der Waals surface area contributed by atoms with Crippen LogP contribution >= 0.6 is 11.3 Å². The van der Waals surface area contributed by atoms with Gasteiger partial charge in [0.25, 0.3) is 0 Å². The first-order valence-electron chi connectivity index (χ1n) is 9.50. The number of nitrogens with one attached hydrogen (secondary N) is 1. The van der Waals surface area contributed by atoms with Gasteiger partial charge in [0, 0.05) is 11.1 Å². The quantitative estimate of drug-likeness (QED) is 0.540. The second-order valence-corrected chi connectivity index (χ2v) is 7.94. The first-order valence-corrected chi connectivity index (χ1v) is 10.4. The zero-order chi connectivity index (χ0) is 20.6. The maximum atomic E-state index is 12.2. The molecule has 1 atom stereocenters. The molecule has 3 aromatic rings. The molecule has 1 aromatic heterocycles. The van der Waals surface area contributed by atoms with E-state index in [9.17, 15) is 9.59 Å². The normalized spacial score (nSPS) is 11.7. The third-order valence-electron chi connectivity index (χ3n) is 4.47. The fraction of sp³-hybridized carbons (Fsp3) is 0.261. The van der Waals surface area contributed by atoms with Crippen LogP contribution in [0.25, 0.3) is 0 Å². The average molecular weight is 409 g/mol. The summed E-state index contributed by atoms with van der Waals surface area (Å²) in [6.45, 7) is 4.12. The van der Waals surface area contributed by atoms with Gasteiger partial charge in [0.05, 0.1) is 18.5 Å². The molecule has 5 nitrogen and oxygen atoms in total. The molecule has 0 aliphatic carbocycles. The molecule has 0 bridgehead atoms. The van der Waals surface area contributed by atoms with Crippen LogP contribution in [0.1, 0.15) is 41.1 Å². The fourth-order valence-corrected chi connectivity index (χ4v) is 3.62. The summed E-state index contributed by atoms with van der Waals surface area (Å²) in [6.07, 6.45) is 0.511. The molecule has 0 aliphatic heterocycles. The molecule has 0 radical (unpaired) electrons. The molecule has 3 rings (SSSR count). The number of hydrogen-bond donors (Lipinski definition) is 1. The van der Waals surface area contributed by atoms with E-state index < -0.39 is 0 Å². The number of carbonyl (C=O) groups excluding carboxylic acids is 2. The van der Waals surface area contributed by atoms with Gasteiger partial charge in [-0.2, -0.15) is 0 Å². The molecular formula is C23H24N2O3S. The molecule has 150 valence electrons. The van der Waals surface area contributed by atoms with Crippen LogP contribution in [0.2, 0.25) is 0 Å². The van der Waals surface area contributed by atoms with Gasteiger partial charge in [-0.3, -0.25) is 9.59 Å². The van der Waals surface area contributed by atoms with Crippen LogP contribution in [0, 0.1) is 6.92 Å². The van der Waals surface area contributed by atoms with Crippen LogP contribution in [-0.2, 0) is 27.4 Å². The molecule has 1 N–H and O–H groups in total. The number of ether oxygens (including phenoxy) is 1. The highest BCUT2D eigenvalue weighted by molar-refractivity contribution is 7.09. The Morgan fingerprint density at radius 2 is 1.83 bits per heavy atom. The highest BCUT2D eigenvalue weighted by Gasteiger charge is 2.14. The zero-order valence-electron chi connectivity index (χ0n) is 16.6. The third kappa shape index (κ3) is 6.54. The van der Waals surface area contributed by atoms with Gasteiger partial charge in [-0.1, -0.05) is 55.0 Å². The van der Waals surface area contributed by atoms with Crippen LogP contribution < -0.4 is 5.32 Å². The predicted molar refractivity (Wildman–Crippen MR) is 115 cm³/mol. The number of carbonyl (C=O) groups is 2. The van der Waals surface area contributed by atoms with E-state index in [-0.39, 0.29) is 30.8 Å². The van der Waals surface area contributed by atoms with E-state index in [1.54, 1.807) is 0 Å². The molecule has 0 unspecified atom stereocenters. The minimum Gasteiger partial charge on any atom is -0.459 e. The van der Waals surface area contributed by atoms with Crippen molar-refractivity contribution in [2.24, 2.45) is 0 Å². The van der Waals surface area contributed by atoms with Crippen molar-refractivity contribution in [3.63, 3.8) is 0 Å². The summed E-state index contributed by atoms with van der Waals surface area (Å²) in [7, 11) is 0. The van der Waals surface area contributed by atoms with Gasteiger partial charge in [-0.05, 0) is 30.5 Å². The van der Waals surface area contributed by atoms with E-state index >= 15 is 0 Å². The van der Waals surface area contributed by atoms with Crippen molar-refractivity contribution in [3.05, 3.63) is 81.8 Å². The van der Waals surface area contributed by atoms with Gasteiger partial charge < -0.3 is 10.1 Å². The van der Waals surface area contributed by atoms with E-state index in [1.165, 1.54) is 11.3 Å². The molecule has 2 aromatic carbocycles. The lowest BCUT2D eigenvalue weighted by molar-refractivity contribution is -0.145. The van der Waals surface area contributed by atoms with Crippen molar-refractivity contribution >= 4 is 28.9 Å². The molecular weight excluding hydrogens is 384 g/mol. The highest BCUT2D eigenvalue weighted by Crippen LogP contribution is 2.20. The smallest absolute Gasteiger partial charge is 0.306 e. The molecule has 29 heavy (non-hydrogen) atoms. The second-order valence-electron chi connectivity index (χ2n) is 7.00. The number of aromatic nitrogens is 1. The second kappa shape index (κ2) is 9.98. The fourth-order valence-electron chi connectivity index (χ4n) is 2.84. The molecule has 0 fully saturated rings. The Balaban J connectivity index is 1.44. The Hall–Kier alpha value is -2.99. The summed E-state index contributed by atoms with van der Waals surface area (Å²) in [4.78, 5) is 28.7. The standard InChI is InChI=1S/C23H24N2O3S/c1-16-8-10-19(11-9-16)24-21(26)13-22-25-20(15-29-22)14-28-23(27)12-17(2)18-6-4-3-5-7-18/h3-11,15,17H,12-14H2,1-2H3,(H,24,26)/t17-/m1/s1. The summed E-state index contributed by atoms with van der Waals surface area (Å²) < 4.78 is 5.35.